The molecule has 0 bridgehead atoms. The van der Waals surface area contributed by atoms with Crippen LogP contribution in [0.4, 0.5) is 0 Å². The average Bonchev–Trinajstić information content (AvgIpc) is 3.16. The zero-order valence-corrected chi connectivity index (χ0v) is 16.8. The number of hydrazine groups is 1. The number of benzene rings is 3. The first-order chi connectivity index (χ1) is 13.4. The van der Waals surface area contributed by atoms with Crippen LogP contribution >= 0.6 is 11.6 Å². The van der Waals surface area contributed by atoms with Gasteiger partial charge < -0.3 is 5.43 Å². The van der Waals surface area contributed by atoms with Gasteiger partial charge >= 0.3 is 0 Å². The molecule has 0 aliphatic carbocycles. The lowest BCUT2D eigenvalue weighted by Gasteiger charge is -2.25. The molecule has 1 atom stereocenters. The molecule has 0 radical (unpaired) electrons. The Balaban J connectivity index is 1.78. The highest BCUT2D eigenvalue weighted by atomic mass is 35.5. The fraction of sp³-hybridized carbons (Fsp3) is 0.0909. The molecule has 0 saturated heterocycles. The molecule has 4 nitrogen and oxygen atoms in total. The summed E-state index contributed by atoms with van der Waals surface area (Å²) in [5.41, 5.74) is 6.60. The molecule has 0 fully saturated rings. The molecular formula is C22H19ClN2O2S. The van der Waals surface area contributed by atoms with E-state index in [0.29, 0.717) is 5.02 Å². The molecule has 1 N–H and O–H groups in total. The van der Waals surface area contributed by atoms with Gasteiger partial charge in [0, 0.05) is 5.02 Å². The Hall–Kier alpha value is -2.60. The minimum atomic E-state index is -3.77. The minimum Gasteiger partial charge on any atom is -0.304 e. The molecule has 0 saturated carbocycles. The number of nitrogens with one attached hydrogen (secondary N) is 1. The Labute approximate surface area is 170 Å². The molecule has 6 heteroatoms. The van der Waals surface area contributed by atoms with Crippen molar-refractivity contribution in [3.63, 3.8) is 0 Å². The first-order valence-corrected chi connectivity index (χ1v) is 10.7. The van der Waals surface area contributed by atoms with E-state index in [1.807, 2.05) is 55.5 Å². The Morgan fingerprint density at radius 2 is 1.54 bits per heavy atom. The second-order valence-electron chi connectivity index (χ2n) is 6.67. The quantitative estimate of drug-likeness (QED) is 0.662. The Bertz CT molecular complexity index is 1110. The molecular weight excluding hydrogens is 392 g/mol. The highest BCUT2D eigenvalue weighted by molar-refractivity contribution is 7.89. The summed E-state index contributed by atoms with van der Waals surface area (Å²) in [6, 6.07) is 23.2. The molecule has 3 aromatic carbocycles. The minimum absolute atomic E-state index is 0.243. The number of rotatable bonds is 4. The van der Waals surface area contributed by atoms with Gasteiger partial charge in [-0.25, -0.2) is 8.42 Å². The van der Waals surface area contributed by atoms with E-state index in [1.165, 1.54) is 4.41 Å². The third kappa shape index (κ3) is 3.56. The number of hydrogen-bond donors (Lipinski definition) is 1. The lowest BCUT2D eigenvalue weighted by Crippen LogP contribution is -2.39. The molecule has 1 heterocycles. The van der Waals surface area contributed by atoms with Gasteiger partial charge in [-0.15, -0.1) is 4.41 Å². The first-order valence-electron chi connectivity index (χ1n) is 8.85. The van der Waals surface area contributed by atoms with Crippen LogP contribution in [-0.4, -0.2) is 12.8 Å². The zero-order valence-electron chi connectivity index (χ0n) is 15.2. The molecule has 0 unspecified atom stereocenters. The van der Waals surface area contributed by atoms with Crippen LogP contribution in [0.25, 0.3) is 5.70 Å². The normalized spacial score (nSPS) is 17.2. The van der Waals surface area contributed by atoms with Crippen LogP contribution in [0.5, 0.6) is 0 Å². The van der Waals surface area contributed by atoms with E-state index >= 15 is 0 Å². The lowest BCUT2D eigenvalue weighted by atomic mass is 10.1. The van der Waals surface area contributed by atoms with E-state index in [4.69, 9.17) is 11.6 Å². The van der Waals surface area contributed by atoms with E-state index in [9.17, 15) is 8.42 Å². The number of sulfonamides is 1. The van der Waals surface area contributed by atoms with Crippen LogP contribution in [0.15, 0.2) is 89.8 Å². The van der Waals surface area contributed by atoms with E-state index in [2.05, 4.69) is 5.43 Å². The Morgan fingerprint density at radius 3 is 2.18 bits per heavy atom. The zero-order chi connectivity index (χ0) is 19.7. The van der Waals surface area contributed by atoms with Crippen LogP contribution in [-0.2, 0) is 10.0 Å². The summed E-state index contributed by atoms with van der Waals surface area (Å²) in [6.45, 7) is 1.93. The van der Waals surface area contributed by atoms with Crippen molar-refractivity contribution >= 4 is 27.3 Å². The number of nitrogens with zero attached hydrogens (tertiary/aromatic N) is 1. The summed E-state index contributed by atoms with van der Waals surface area (Å²) < 4.78 is 28.1. The highest BCUT2D eigenvalue weighted by Crippen LogP contribution is 2.35. The van der Waals surface area contributed by atoms with Crippen molar-refractivity contribution in [1.29, 1.82) is 0 Å². The van der Waals surface area contributed by atoms with Crippen LogP contribution in [0.2, 0.25) is 5.02 Å². The third-order valence-electron chi connectivity index (χ3n) is 4.68. The second-order valence-corrected chi connectivity index (χ2v) is 8.92. The number of halogens is 1. The fourth-order valence-electron chi connectivity index (χ4n) is 3.15. The van der Waals surface area contributed by atoms with Gasteiger partial charge in [-0.1, -0.05) is 71.8 Å². The average molecular weight is 411 g/mol. The van der Waals surface area contributed by atoms with E-state index in [-0.39, 0.29) is 4.90 Å². The van der Waals surface area contributed by atoms with Crippen LogP contribution < -0.4 is 5.43 Å². The van der Waals surface area contributed by atoms with Gasteiger partial charge in [-0.3, -0.25) is 0 Å². The van der Waals surface area contributed by atoms with Crippen LogP contribution in [0.1, 0.15) is 22.7 Å². The van der Waals surface area contributed by atoms with Gasteiger partial charge in [0.05, 0.1) is 16.6 Å². The predicted octanol–water partition coefficient (Wildman–Crippen LogP) is 4.94. The van der Waals surface area contributed by atoms with Crippen molar-refractivity contribution in [2.45, 2.75) is 17.9 Å². The van der Waals surface area contributed by atoms with Gasteiger partial charge in [-0.2, -0.15) is 0 Å². The maximum Gasteiger partial charge on any atom is 0.260 e. The van der Waals surface area contributed by atoms with Gasteiger partial charge in [0.25, 0.3) is 10.0 Å². The molecule has 4 rings (SSSR count). The number of hydrogen-bond acceptors (Lipinski definition) is 3. The molecule has 1 aliphatic heterocycles. The van der Waals surface area contributed by atoms with Crippen molar-refractivity contribution in [3.8, 4) is 0 Å². The number of aryl methyl sites for hydroxylation is 1. The van der Waals surface area contributed by atoms with Crippen molar-refractivity contribution in [3.05, 3.63) is 107 Å². The van der Waals surface area contributed by atoms with Crippen molar-refractivity contribution in [1.82, 2.24) is 9.84 Å². The first kappa shape index (κ1) is 18.7. The summed E-state index contributed by atoms with van der Waals surface area (Å²) in [7, 11) is -3.77. The topological polar surface area (TPSA) is 49.4 Å². The monoisotopic (exact) mass is 410 g/mol. The maximum atomic E-state index is 13.4. The second kappa shape index (κ2) is 7.43. The van der Waals surface area contributed by atoms with E-state index in [1.54, 1.807) is 36.4 Å². The Kier molecular flexibility index (Phi) is 4.98. The molecule has 28 heavy (non-hydrogen) atoms. The standard InChI is InChI=1S/C22H19ClN2O2S/c1-16-7-13-20(14-8-16)28(26,27)25-22(18-9-11-19(23)12-10-18)15-21(24-25)17-5-3-2-4-6-17/h2-15,22,24H,1H3/t22-/m1/s1. The molecule has 0 spiro atoms. The summed E-state index contributed by atoms with van der Waals surface area (Å²) in [5.74, 6) is 0. The van der Waals surface area contributed by atoms with Gasteiger partial charge in [-0.05, 0) is 48.4 Å². The van der Waals surface area contributed by atoms with Crippen LogP contribution in [0, 0.1) is 6.92 Å². The van der Waals surface area contributed by atoms with Crippen LogP contribution in [0.3, 0.4) is 0 Å². The summed E-state index contributed by atoms with van der Waals surface area (Å²) in [6.07, 6.45) is 1.92. The summed E-state index contributed by atoms with van der Waals surface area (Å²) >= 11 is 6.02. The molecule has 142 valence electrons. The largest absolute Gasteiger partial charge is 0.304 e. The molecule has 3 aromatic rings. The third-order valence-corrected chi connectivity index (χ3v) is 6.64. The molecule has 0 aromatic heterocycles. The van der Waals surface area contributed by atoms with Gasteiger partial charge in [0.1, 0.15) is 0 Å². The fourth-order valence-corrected chi connectivity index (χ4v) is 4.69. The van der Waals surface area contributed by atoms with Crippen molar-refractivity contribution in [2.24, 2.45) is 0 Å². The molecule has 0 amide bonds. The molecule has 1 aliphatic rings. The van der Waals surface area contributed by atoms with Gasteiger partial charge in [0.15, 0.2) is 0 Å². The van der Waals surface area contributed by atoms with E-state index < -0.39 is 16.1 Å². The van der Waals surface area contributed by atoms with Crippen molar-refractivity contribution in [2.75, 3.05) is 0 Å². The SMILES string of the molecule is Cc1ccc(S(=O)(=O)N2NC(c3ccccc3)=C[C@@H]2c2ccc(Cl)cc2)cc1. The predicted molar refractivity (Wildman–Crippen MR) is 112 cm³/mol. The Morgan fingerprint density at radius 1 is 0.893 bits per heavy atom. The maximum absolute atomic E-state index is 13.4. The van der Waals surface area contributed by atoms with Gasteiger partial charge in [0.2, 0.25) is 0 Å². The summed E-state index contributed by atoms with van der Waals surface area (Å²) in [4.78, 5) is 0.243. The summed E-state index contributed by atoms with van der Waals surface area (Å²) in [5, 5.41) is 0.606. The highest BCUT2D eigenvalue weighted by Gasteiger charge is 2.36. The lowest BCUT2D eigenvalue weighted by molar-refractivity contribution is 0.348. The van der Waals surface area contributed by atoms with E-state index in [0.717, 1.165) is 22.4 Å². The van der Waals surface area contributed by atoms with Crippen molar-refractivity contribution < 1.29 is 8.42 Å². The smallest absolute Gasteiger partial charge is 0.260 e.